The quantitative estimate of drug-likeness (QED) is 0.654. The number of rotatable bonds is 2. The van der Waals surface area contributed by atoms with Crippen LogP contribution in [0.3, 0.4) is 0 Å². The average molecular weight is 256 g/mol. The van der Waals surface area contributed by atoms with E-state index in [1.807, 2.05) is 0 Å². The highest BCUT2D eigenvalue weighted by Gasteiger charge is 2.11. The van der Waals surface area contributed by atoms with E-state index >= 15 is 0 Å². The van der Waals surface area contributed by atoms with Crippen LogP contribution in [0, 0.1) is 0 Å². The molecule has 0 saturated carbocycles. The summed E-state index contributed by atoms with van der Waals surface area (Å²) in [5.41, 5.74) is 1.41. The first kappa shape index (κ1) is 11.5. The zero-order valence-corrected chi connectivity index (χ0v) is 10.6. The molecule has 0 aliphatic rings. The number of imidazole rings is 1. The monoisotopic (exact) mass is 256 g/mol. The van der Waals surface area contributed by atoms with Gasteiger partial charge >= 0.3 is 5.69 Å². The van der Waals surface area contributed by atoms with Gasteiger partial charge in [0, 0.05) is 20.3 Å². The smallest absolute Gasteiger partial charge is 0.328 e. The normalized spacial score (nSPS) is 11.7. The van der Waals surface area contributed by atoms with Crippen LogP contribution in [0.5, 0.6) is 0 Å². The van der Waals surface area contributed by atoms with Crippen molar-refractivity contribution < 1.29 is 4.42 Å². The Balaban J connectivity index is 2.20. The maximum atomic E-state index is 11.9. The minimum atomic E-state index is -0.0996. The van der Waals surface area contributed by atoms with Gasteiger partial charge in [-0.2, -0.15) is 0 Å². The molecular weight excluding hydrogens is 244 g/mol. The summed E-state index contributed by atoms with van der Waals surface area (Å²) in [6, 6.07) is 5.38. The van der Waals surface area contributed by atoms with Crippen molar-refractivity contribution in [1.29, 1.82) is 0 Å². The number of pyridine rings is 1. The van der Waals surface area contributed by atoms with Crippen LogP contribution >= 0.6 is 0 Å². The van der Waals surface area contributed by atoms with Gasteiger partial charge in [-0.25, -0.2) is 14.8 Å². The molecule has 3 heterocycles. The van der Waals surface area contributed by atoms with Crippen LogP contribution in [0.15, 0.2) is 44.9 Å². The number of hydrogen-bond acceptors (Lipinski definition) is 4. The largest absolute Gasteiger partial charge is 0.463 e. The second-order valence-electron chi connectivity index (χ2n) is 4.18. The van der Waals surface area contributed by atoms with E-state index in [0.29, 0.717) is 17.1 Å². The summed E-state index contributed by atoms with van der Waals surface area (Å²) in [4.78, 5) is 20.4. The maximum absolute atomic E-state index is 11.9. The van der Waals surface area contributed by atoms with Gasteiger partial charge in [0.25, 0.3) is 0 Å². The summed E-state index contributed by atoms with van der Waals surface area (Å²) in [5.74, 6) is 1.13. The minimum Gasteiger partial charge on any atom is -0.463 e. The lowest BCUT2D eigenvalue weighted by Crippen LogP contribution is -2.19. The molecule has 0 amide bonds. The molecule has 0 saturated heterocycles. The van der Waals surface area contributed by atoms with E-state index < -0.39 is 0 Å². The first-order chi connectivity index (χ1) is 9.18. The van der Waals surface area contributed by atoms with Crippen LogP contribution in [0.25, 0.3) is 11.0 Å². The second kappa shape index (κ2) is 4.24. The predicted octanol–water partition coefficient (Wildman–Crippen LogP) is 1.62. The lowest BCUT2D eigenvalue weighted by Gasteiger charge is -1.98. The van der Waals surface area contributed by atoms with Gasteiger partial charge in [0.1, 0.15) is 11.3 Å². The van der Waals surface area contributed by atoms with Crippen molar-refractivity contribution in [2.45, 2.75) is 0 Å². The molecule has 0 unspecified atom stereocenters. The zero-order chi connectivity index (χ0) is 13.4. The van der Waals surface area contributed by atoms with Gasteiger partial charge in [0.15, 0.2) is 5.82 Å². The molecule has 0 fully saturated rings. The number of hydrogen-bond donors (Lipinski definition) is 0. The molecule has 0 aliphatic heterocycles. The first-order valence-corrected chi connectivity index (χ1v) is 5.76. The van der Waals surface area contributed by atoms with E-state index in [1.165, 1.54) is 4.57 Å². The standard InChI is InChI=1S/C13H12N4O2/c1-16-10-5-6-14-12(11(10)17(2)13(16)18)15-8-9-4-3-7-19-9/h3-8H,1-2H3. The topological polar surface area (TPSA) is 65.3 Å². The van der Waals surface area contributed by atoms with Crippen LogP contribution in [-0.2, 0) is 14.1 Å². The second-order valence-corrected chi connectivity index (χ2v) is 4.18. The third-order valence-electron chi connectivity index (χ3n) is 3.01. The number of nitrogens with zero attached hydrogens (tertiary/aromatic N) is 4. The highest BCUT2D eigenvalue weighted by molar-refractivity contribution is 5.88. The number of aryl methyl sites for hydroxylation is 2. The summed E-state index contributed by atoms with van der Waals surface area (Å²) in [6.07, 6.45) is 4.80. The molecule has 96 valence electrons. The Morgan fingerprint density at radius 1 is 1.32 bits per heavy atom. The average Bonchev–Trinajstić information content (AvgIpc) is 3.01. The Bertz CT molecular complexity index is 809. The molecule has 19 heavy (non-hydrogen) atoms. The summed E-state index contributed by atoms with van der Waals surface area (Å²) >= 11 is 0. The molecule has 3 aromatic rings. The molecule has 0 aliphatic carbocycles. The molecule has 0 bridgehead atoms. The van der Waals surface area contributed by atoms with E-state index in [0.717, 1.165) is 5.52 Å². The Morgan fingerprint density at radius 2 is 2.16 bits per heavy atom. The van der Waals surface area contributed by atoms with Gasteiger partial charge in [-0.3, -0.25) is 9.13 Å². The van der Waals surface area contributed by atoms with Crippen molar-refractivity contribution in [3.05, 3.63) is 46.9 Å². The maximum Gasteiger partial charge on any atom is 0.328 e. The third kappa shape index (κ3) is 1.77. The summed E-state index contributed by atoms with van der Waals surface area (Å²) in [6.45, 7) is 0. The van der Waals surface area contributed by atoms with Crippen molar-refractivity contribution in [2.24, 2.45) is 19.1 Å². The van der Waals surface area contributed by atoms with Crippen LogP contribution in [0.2, 0.25) is 0 Å². The minimum absolute atomic E-state index is 0.0996. The number of fused-ring (bicyclic) bond motifs is 1. The fraction of sp³-hybridized carbons (Fsp3) is 0.154. The molecule has 0 spiro atoms. The van der Waals surface area contributed by atoms with Gasteiger partial charge in [-0.15, -0.1) is 0 Å². The molecule has 0 atom stereocenters. The van der Waals surface area contributed by atoms with Crippen molar-refractivity contribution >= 4 is 23.1 Å². The summed E-state index contributed by atoms with van der Waals surface area (Å²) < 4.78 is 8.29. The molecular formula is C13H12N4O2. The van der Waals surface area contributed by atoms with Crippen molar-refractivity contribution in [3.8, 4) is 0 Å². The van der Waals surface area contributed by atoms with Gasteiger partial charge in [-0.1, -0.05) is 0 Å². The molecule has 6 heteroatoms. The van der Waals surface area contributed by atoms with Gasteiger partial charge in [-0.05, 0) is 18.2 Å². The summed E-state index contributed by atoms with van der Waals surface area (Å²) in [7, 11) is 3.43. The number of aromatic nitrogens is 3. The highest BCUT2D eigenvalue weighted by Crippen LogP contribution is 2.21. The van der Waals surface area contributed by atoms with Crippen molar-refractivity contribution in [1.82, 2.24) is 14.1 Å². The van der Waals surface area contributed by atoms with E-state index in [-0.39, 0.29) is 5.69 Å². The van der Waals surface area contributed by atoms with E-state index in [2.05, 4.69) is 9.98 Å². The van der Waals surface area contributed by atoms with E-state index in [1.54, 1.807) is 55.5 Å². The van der Waals surface area contributed by atoms with E-state index in [4.69, 9.17) is 4.42 Å². The van der Waals surface area contributed by atoms with Gasteiger partial charge in [0.2, 0.25) is 0 Å². The van der Waals surface area contributed by atoms with Crippen molar-refractivity contribution in [3.63, 3.8) is 0 Å². The van der Waals surface area contributed by atoms with Gasteiger partial charge < -0.3 is 4.42 Å². The molecule has 3 rings (SSSR count). The molecule has 6 nitrogen and oxygen atoms in total. The zero-order valence-electron chi connectivity index (χ0n) is 10.6. The molecule has 0 aromatic carbocycles. The van der Waals surface area contributed by atoms with Crippen molar-refractivity contribution in [2.75, 3.05) is 0 Å². The third-order valence-corrected chi connectivity index (χ3v) is 3.01. The number of furan rings is 1. The Labute approximate surface area is 108 Å². The fourth-order valence-electron chi connectivity index (χ4n) is 2.03. The van der Waals surface area contributed by atoms with Crippen LogP contribution < -0.4 is 5.69 Å². The Kier molecular flexibility index (Phi) is 2.56. The SMILES string of the molecule is Cn1c(=O)n(C)c2c(N=Cc3ccco3)nccc21. The lowest BCUT2D eigenvalue weighted by molar-refractivity contribution is 0.560. The van der Waals surface area contributed by atoms with E-state index in [9.17, 15) is 4.79 Å². The Hall–Kier alpha value is -2.63. The molecule has 3 aromatic heterocycles. The fourth-order valence-corrected chi connectivity index (χ4v) is 2.03. The van der Waals surface area contributed by atoms with Gasteiger partial charge in [0.05, 0.1) is 18.0 Å². The lowest BCUT2D eigenvalue weighted by atomic mass is 10.3. The van der Waals surface area contributed by atoms with Crippen LogP contribution in [-0.4, -0.2) is 20.3 Å². The Morgan fingerprint density at radius 3 is 2.89 bits per heavy atom. The summed E-state index contributed by atoms with van der Waals surface area (Å²) in [5, 5.41) is 0. The number of aliphatic imine (C=N–C) groups is 1. The first-order valence-electron chi connectivity index (χ1n) is 5.76. The molecule has 0 radical (unpaired) electrons. The molecule has 0 N–H and O–H groups in total. The van der Waals surface area contributed by atoms with Crippen LogP contribution in [0.1, 0.15) is 5.76 Å². The van der Waals surface area contributed by atoms with Crippen LogP contribution in [0.4, 0.5) is 5.82 Å². The highest BCUT2D eigenvalue weighted by atomic mass is 16.3. The predicted molar refractivity (Wildman–Crippen MR) is 71.9 cm³/mol.